The average molecular weight is 217 g/mol. The molecule has 88 valence electrons. The van der Waals surface area contributed by atoms with Crippen molar-refractivity contribution in [3.8, 4) is 0 Å². The normalized spacial score (nSPS) is 23.3. The lowest BCUT2D eigenvalue weighted by atomic mass is 10.2. The summed E-state index contributed by atoms with van der Waals surface area (Å²) in [6.07, 6.45) is 0.189. The van der Waals surface area contributed by atoms with Gasteiger partial charge >= 0.3 is 5.97 Å². The van der Waals surface area contributed by atoms with E-state index in [1.54, 1.807) is 0 Å². The number of carboxylic acids is 1. The van der Waals surface area contributed by atoms with Gasteiger partial charge in [0.2, 0.25) is 0 Å². The first-order valence-electron chi connectivity index (χ1n) is 5.27. The lowest BCUT2D eigenvalue weighted by molar-refractivity contribution is -0.150. The van der Waals surface area contributed by atoms with Gasteiger partial charge in [-0.2, -0.15) is 0 Å². The second-order valence-electron chi connectivity index (χ2n) is 3.88. The Morgan fingerprint density at radius 2 is 2.40 bits per heavy atom. The van der Waals surface area contributed by atoms with Crippen LogP contribution in [0.3, 0.4) is 0 Å². The Labute approximate surface area is 90.0 Å². The minimum absolute atomic E-state index is 0.189. The van der Waals surface area contributed by atoms with Gasteiger partial charge in [-0.1, -0.05) is 0 Å². The van der Waals surface area contributed by atoms with E-state index in [4.69, 9.17) is 14.6 Å². The fraction of sp³-hybridized carbons (Fsp3) is 0.900. The lowest BCUT2D eigenvalue weighted by Gasteiger charge is -2.32. The van der Waals surface area contributed by atoms with E-state index >= 15 is 0 Å². The Hall–Kier alpha value is -0.650. The molecule has 1 fully saturated rings. The van der Waals surface area contributed by atoms with E-state index in [2.05, 4.69) is 0 Å². The first-order valence-corrected chi connectivity index (χ1v) is 5.27. The molecule has 0 aliphatic carbocycles. The van der Waals surface area contributed by atoms with E-state index in [1.165, 1.54) is 0 Å². The van der Waals surface area contributed by atoms with E-state index < -0.39 is 12.0 Å². The predicted molar refractivity (Wildman–Crippen MR) is 54.9 cm³/mol. The summed E-state index contributed by atoms with van der Waals surface area (Å²) in [4.78, 5) is 12.8. The van der Waals surface area contributed by atoms with Crippen LogP contribution in [0.2, 0.25) is 0 Å². The van der Waals surface area contributed by atoms with Crippen LogP contribution in [0.25, 0.3) is 0 Å². The molecule has 1 unspecified atom stereocenters. The Kier molecular flexibility index (Phi) is 5.01. The number of carboxylic acid groups (broad SMARTS) is 1. The molecule has 1 N–H and O–H groups in total. The fourth-order valence-corrected chi connectivity index (χ4v) is 1.54. The molecular weight excluding hydrogens is 198 g/mol. The summed E-state index contributed by atoms with van der Waals surface area (Å²) in [5.74, 6) is -0.820. The third-order valence-electron chi connectivity index (χ3n) is 2.35. The van der Waals surface area contributed by atoms with Crippen LogP contribution in [0.1, 0.15) is 13.8 Å². The summed E-state index contributed by atoms with van der Waals surface area (Å²) >= 11 is 0. The summed E-state index contributed by atoms with van der Waals surface area (Å²) in [5, 5.41) is 8.95. The van der Waals surface area contributed by atoms with E-state index in [1.807, 2.05) is 18.7 Å². The van der Waals surface area contributed by atoms with Gasteiger partial charge in [-0.15, -0.1) is 0 Å². The number of rotatable bonds is 5. The molecule has 0 radical (unpaired) electrons. The van der Waals surface area contributed by atoms with Crippen molar-refractivity contribution in [1.82, 2.24) is 4.90 Å². The smallest absolute Gasteiger partial charge is 0.323 e. The highest BCUT2D eigenvalue weighted by atomic mass is 16.5. The fourth-order valence-electron chi connectivity index (χ4n) is 1.54. The predicted octanol–water partition coefficient (Wildman–Crippen LogP) is 0.197. The lowest BCUT2D eigenvalue weighted by Crippen LogP contribution is -2.51. The van der Waals surface area contributed by atoms with Crippen molar-refractivity contribution in [2.45, 2.75) is 26.0 Å². The van der Waals surface area contributed by atoms with Gasteiger partial charge in [-0.05, 0) is 13.8 Å². The SMILES string of the molecule is CC(C)OCCN1CCOCC1C(=O)O. The molecular formula is C10H19NO4. The number of hydrogen-bond acceptors (Lipinski definition) is 4. The number of nitrogens with zero attached hydrogens (tertiary/aromatic N) is 1. The van der Waals surface area contributed by atoms with Gasteiger partial charge < -0.3 is 14.6 Å². The Morgan fingerprint density at radius 1 is 1.67 bits per heavy atom. The molecule has 15 heavy (non-hydrogen) atoms. The van der Waals surface area contributed by atoms with E-state index in [9.17, 15) is 4.79 Å². The summed E-state index contributed by atoms with van der Waals surface area (Å²) in [6.45, 7) is 6.70. The second-order valence-corrected chi connectivity index (χ2v) is 3.88. The van der Waals surface area contributed by atoms with Crippen molar-refractivity contribution in [2.75, 3.05) is 32.9 Å². The van der Waals surface area contributed by atoms with Gasteiger partial charge in [0.05, 0.1) is 25.9 Å². The first-order chi connectivity index (χ1) is 7.11. The van der Waals surface area contributed by atoms with Gasteiger partial charge in [0.15, 0.2) is 0 Å². The van der Waals surface area contributed by atoms with E-state index in [0.29, 0.717) is 26.3 Å². The van der Waals surface area contributed by atoms with Gasteiger partial charge in [0.1, 0.15) is 6.04 Å². The highest BCUT2D eigenvalue weighted by Crippen LogP contribution is 2.06. The van der Waals surface area contributed by atoms with Crippen molar-refractivity contribution < 1.29 is 19.4 Å². The van der Waals surface area contributed by atoms with Crippen LogP contribution in [0.5, 0.6) is 0 Å². The van der Waals surface area contributed by atoms with Crippen LogP contribution >= 0.6 is 0 Å². The Balaban J connectivity index is 2.33. The Bertz CT molecular complexity index is 208. The van der Waals surface area contributed by atoms with Crippen molar-refractivity contribution in [3.63, 3.8) is 0 Å². The zero-order valence-electron chi connectivity index (χ0n) is 9.31. The van der Waals surface area contributed by atoms with Gasteiger partial charge in [0, 0.05) is 13.1 Å². The van der Waals surface area contributed by atoms with Crippen LogP contribution in [0, 0.1) is 0 Å². The monoisotopic (exact) mass is 217 g/mol. The number of aliphatic carboxylic acids is 1. The van der Waals surface area contributed by atoms with Crippen LogP contribution in [0.4, 0.5) is 0 Å². The molecule has 1 rings (SSSR count). The minimum Gasteiger partial charge on any atom is -0.480 e. The molecule has 5 nitrogen and oxygen atoms in total. The third kappa shape index (κ3) is 4.15. The maximum Gasteiger partial charge on any atom is 0.323 e. The molecule has 0 bridgehead atoms. The minimum atomic E-state index is -0.820. The van der Waals surface area contributed by atoms with Gasteiger partial charge in [0.25, 0.3) is 0 Å². The van der Waals surface area contributed by atoms with Crippen LogP contribution in [0.15, 0.2) is 0 Å². The molecule has 1 heterocycles. The van der Waals surface area contributed by atoms with Crippen molar-refractivity contribution in [2.24, 2.45) is 0 Å². The standard InChI is InChI=1S/C10H19NO4/c1-8(2)15-6-4-11-3-5-14-7-9(11)10(12)13/h8-9H,3-7H2,1-2H3,(H,12,13). The molecule has 0 spiro atoms. The van der Waals surface area contributed by atoms with Gasteiger partial charge in [-0.3, -0.25) is 9.69 Å². The van der Waals surface area contributed by atoms with E-state index in [-0.39, 0.29) is 12.7 Å². The van der Waals surface area contributed by atoms with Gasteiger partial charge in [-0.25, -0.2) is 0 Å². The molecule has 1 aliphatic rings. The summed E-state index contributed by atoms with van der Waals surface area (Å²) in [6, 6.07) is -0.519. The number of hydrogen-bond donors (Lipinski definition) is 1. The summed E-state index contributed by atoms with van der Waals surface area (Å²) < 4.78 is 10.5. The number of morpholine rings is 1. The molecule has 0 amide bonds. The number of carbonyl (C=O) groups is 1. The largest absolute Gasteiger partial charge is 0.480 e. The van der Waals surface area contributed by atoms with Crippen LogP contribution in [-0.4, -0.2) is 61.0 Å². The molecule has 0 aromatic carbocycles. The molecule has 5 heteroatoms. The molecule has 0 aromatic heterocycles. The highest BCUT2D eigenvalue weighted by molar-refractivity contribution is 5.73. The zero-order valence-corrected chi connectivity index (χ0v) is 9.31. The summed E-state index contributed by atoms with van der Waals surface area (Å²) in [5.41, 5.74) is 0. The highest BCUT2D eigenvalue weighted by Gasteiger charge is 2.28. The maximum atomic E-state index is 10.9. The quantitative estimate of drug-likeness (QED) is 0.712. The average Bonchev–Trinajstić information content (AvgIpc) is 2.17. The van der Waals surface area contributed by atoms with Crippen molar-refractivity contribution in [1.29, 1.82) is 0 Å². The Morgan fingerprint density at radius 3 is 3.00 bits per heavy atom. The molecule has 1 saturated heterocycles. The van der Waals surface area contributed by atoms with Crippen molar-refractivity contribution in [3.05, 3.63) is 0 Å². The first kappa shape index (κ1) is 12.4. The molecule has 1 atom stereocenters. The molecule has 1 aliphatic heterocycles. The van der Waals surface area contributed by atoms with Crippen LogP contribution < -0.4 is 0 Å². The van der Waals surface area contributed by atoms with Crippen molar-refractivity contribution >= 4 is 5.97 Å². The topological polar surface area (TPSA) is 59.0 Å². The van der Waals surface area contributed by atoms with E-state index in [0.717, 1.165) is 0 Å². The second kappa shape index (κ2) is 6.05. The molecule has 0 aromatic rings. The van der Waals surface area contributed by atoms with Crippen LogP contribution in [-0.2, 0) is 14.3 Å². The maximum absolute atomic E-state index is 10.9. The number of ether oxygens (including phenoxy) is 2. The summed E-state index contributed by atoms with van der Waals surface area (Å²) in [7, 11) is 0. The third-order valence-corrected chi connectivity index (χ3v) is 2.35. The molecule has 0 saturated carbocycles. The zero-order chi connectivity index (χ0) is 11.3.